The Hall–Kier alpha value is -1.48. The zero-order chi connectivity index (χ0) is 16.1. The zero-order valence-electron chi connectivity index (χ0n) is 13.0. The number of halogens is 2. The maximum Gasteiger partial charge on any atom is 0.193 e. The zero-order valence-corrected chi connectivity index (χ0v) is 16.9. The summed E-state index contributed by atoms with van der Waals surface area (Å²) in [6.07, 6.45) is 0.883. The molecule has 0 bridgehead atoms. The van der Waals surface area contributed by atoms with Gasteiger partial charge in [-0.3, -0.25) is 0 Å². The van der Waals surface area contributed by atoms with Gasteiger partial charge in [-0.05, 0) is 29.8 Å². The molecule has 0 spiro atoms. The Morgan fingerprint density at radius 3 is 2.71 bits per heavy atom. The molecule has 0 amide bonds. The molecule has 1 aliphatic heterocycles. The lowest BCUT2D eigenvalue weighted by Gasteiger charge is -2.10. The number of aliphatic imine (C=N–C) groups is 1. The predicted octanol–water partition coefficient (Wildman–Crippen LogP) is 4.16. The summed E-state index contributed by atoms with van der Waals surface area (Å²) in [6.45, 7) is 1.85. The predicted molar refractivity (Wildman–Crippen MR) is 111 cm³/mol. The Morgan fingerprint density at radius 2 is 1.92 bits per heavy atom. The molecule has 5 nitrogen and oxygen atoms in total. The van der Waals surface area contributed by atoms with Gasteiger partial charge in [0, 0.05) is 22.6 Å². The number of fused-ring (bicyclic) bond motifs is 1. The first-order valence-electron chi connectivity index (χ1n) is 7.42. The van der Waals surface area contributed by atoms with Crippen LogP contribution in [0.15, 0.2) is 51.9 Å². The molecule has 7 heteroatoms. The van der Waals surface area contributed by atoms with Gasteiger partial charge in [0.1, 0.15) is 0 Å². The molecule has 1 heterocycles. The summed E-state index contributed by atoms with van der Waals surface area (Å²) in [7, 11) is 0. The first kappa shape index (κ1) is 18.9. The Morgan fingerprint density at radius 1 is 1.12 bits per heavy atom. The highest BCUT2D eigenvalue weighted by molar-refractivity contribution is 14.0. The van der Waals surface area contributed by atoms with E-state index in [0.29, 0.717) is 25.7 Å². The third-order valence-electron chi connectivity index (χ3n) is 3.34. The lowest BCUT2D eigenvalue weighted by atomic mass is 10.2. The monoisotopic (exact) mass is 503 g/mol. The van der Waals surface area contributed by atoms with Crippen LogP contribution in [0, 0.1) is 0 Å². The molecule has 2 aromatic carbocycles. The van der Waals surface area contributed by atoms with Gasteiger partial charge in [-0.2, -0.15) is 0 Å². The van der Waals surface area contributed by atoms with E-state index < -0.39 is 0 Å². The van der Waals surface area contributed by atoms with Crippen molar-refractivity contribution in [1.29, 1.82) is 0 Å². The topological polar surface area (TPSA) is 68.9 Å². The molecule has 3 N–H and O–H groups in total. The van der Waals surface area contributed by atoms with Crippen LogP contribution in [-0.2, 0) is 6.54 Å². The average Bonchev–Trinajstić information content (AvgIpc) is 2.78. The van der Waals surface area contributed by atoms with Crippen molar-refractivity contribution in [3.05, 3.63) is 52.5 Å². The Bertz CT molecular complexity index is 725. The van der Waals surface area contributed by atoms with E-state index in [1.165, 1.54) is 0 Å². The number of guanidine groups is 1. The Labute approximate surface area is 166 Å². The largest absolute Gasteiger partial charge is 0.490 e. The maximum absolute atomic E-state index is 5.95. The van der Waals surface area contributed by atoms with Crippen LogP contribution in [0.5, 0.6) is 11.5 Å². The first-order valence-corrected chi connectivity index (χ1v) is 8.21. The molecule has 0 aliphatic carbocycles. The van der Waals surface area contributed by atoms with E-state index in [0.717, 1.165) is 33.6 Å². The fourth-order valence-electron chi connectivity index (χ4n) is 2.24. The van der Waals surface area contributed by atoms with Crippen molar-refractivity contribution in [2.24, 2.45) is 10.7 Å². The minimum atomic E-state index is 0. The van der Waals surface area contributed by atoms with E-state index in [2.05, 4.69) is 26.2 Å². The summed E-state index contributed by atoms with van der Waals surface area (Å²) < 4.78 is 12.3. The summed E-state index contributed by atoms with van der Waals surface area (Å²) in [4.78, 5) is 4.35. The van der Waals surface area contributed by atoms with Gasteiger partial charge in [0.05, 0.1) is 19.8 Å². The minimum absolute atomic E-state index is 0. The molecule has 24 heavy (non-hydrogen) atoms. The van der Waals surface area contributed by atoms with Crippen LogP contribution < -0.4 is 20.5 Å². The molecule has 128 valence electrons. The number of nitrogens with zero attached hydrogens (tertiary/aromatic N) is 1. The van der Waals surface area contributed by atoms with Crippen molar-refractivity contribution in [2.45, 2.75) is 13.0 Å². The highest BCUT2D eigenvalue weighted by Gasteiger charge is 2.10. The molecule has 0 radical (unpaired) electrons. The Kier molecular flexibility index (Phi) is 7.16. The van der Waals surface area contributed by atoms with Gasteiger partial charge in [-0.1, -0.05) is 28.1 Å². The summed E-state index contributed by atoms with van der Waals surface area (Å²) >= 11 is 3.44. The summed E-state index contributed by atoms with van der Waals surface area (Å²) in [6, 6.07) is 13.6. The second-order valence-corrected chi connectivity index (χ2v) is 6.08. The number of ether oxygens (including phenoxy) is 2. The van der Waals surface area contributed by atoms with E-state index in [1.54, 1.807) is 0 Å². The van der Waals surface area contributed by atoms with Crippen LogP contribution in [0.1, 0.15) is 12.0 Å². The minimum Gasteiger partial charge on any atom is -0.490 e. The number of anilines is 1. The van der Waals surface area contributed by atoms with Crippen molar-refractivity contribution in [3.8, 4) is 11.5 Å². The normalized spacial score (nSPS) is 13.6. The molecule has 0 saturated carbocycles. The molecule has 1 aliphatic rings. The van der Waals surface area contributed by atoms with E-state index in [1.807, 2.05) is 42.5 Å². The molecule has 2 aromatic rings. The number of nitrogens with two attached hydrogens (primary N) is 1. The highest BCUT2D eigenvalue weighted by atomic mass is 127. The molecule has 0 unspecified atom stereocenters. The molecule has 0 atom stereocenters. The van der Waals surface area contributed by atoms with Gasteiger partial charge in [0.25, 0.3) is 0 Å². The van der Waals surface area contributed by atoms with E-state index in [-0.39, 0.29) is 24.0 Å². The molecule has 3 rings (SSSR count). The van der Waals surface area contributed by atoms with Gasteiger partial charge >= 0.3 is 0 Å². The molecule has 0 aromatic heterocycles. The van der Waals surface area contributed by atoms with Gasteiger partial charge in [0.2, 0.25) is 0 Å². The fraction of sp³-hybridized carbons (Fsp3) is 0.235. The molecular formula is C17H19BrIN3O2. The first-order chi connectivity index (χ1) is 11.2. The van der Waals surface area contributed by atoms with Crippen LogP contribution >= 0.6 is 39.9 Å². The van der Waals surface area contributed by atoms with Crippen LogP contribution in [0.3, 0.4) is 0 Å². The number of benzene rings is 2. The van der Waals surface area contributed by atoms with Crippen molar-refractivity contribution >= 4 is 51.6 Å². The summed E-state index contributed by atoms with van der Waals surface area (Å²) in [5.41, 5.74) is 7.86. The van der Waals surface area contributed by atoms with Crippen molar-refractivity contribution in [3.63, 3.8) is 0 Å². The van der Waals surface area contributed by atoms with Gasteiger partial charge in [0.15, 0.2) is 17.5 Å². The number of hydrogen-bond acceptors (Lipinski definition) is 3. The van der Waals surface area contributed by atoms with Crippen molar-refractivity contribution in [2.75, 3.05) is 18.5 Å². The lowest BCUT2D eigenvalue weighted by molar-refractivity contribution is 0.297. The van der Waals surface area contributed by atoms with E-state index in [4.69, 9.17) is 15.2 Å². The molecular weight excluding hydrogens is 485 g/mol. The quantitative estimate of drug-likeness (QED) is 0.375. The van der Waals surface area contributed by atoms with Gasteiger partial charge < -0.3 is 20.5 Å². The number of hydrogen-bond donors (Lipinski definition) is 2. The average molecular weight is 504 g/mol. The van der Waals surface area contributed by atoms with Gasteiger partial charge in [-0.25, -0.2) is 4.99 Å². The van der Waals surface area contributed by atoms with Crippen LogP contribution in [0.25, 0.3) is 0 Å². The fourth-order valence-corrected chi connectivity index (χ4v) is 2.69. The standard InChI is InChI=1S/C17H18BrN3O2.HI/c18-13-4-1-3-12(9-13)11-20-17(19)21-14-5-6-15-16(10-14)23-8-2-7-22-15;/h1,3-6,9-10H,2,7-8,11H2,(H3,19,20,21);1H. The highest BCUT2D eigenvalue weighted by Crippen LogP contribution is 2.32. The lowest BCUT2D eigenvalue weighted by Crippen LogP contribution is -2.22. The van der Waals surface area contributed by atoms with Crippen molar-refractivity contribution < 1.29 is 9.47 Å². The summed E-state index contributed by atoms with van der Waals surface area (Å²) in [5, 5.41) is 3.08. The molecule has 0 saturated heterocycles. The number of rotatable bonds is 3. The molecule has 0 fully saturated rings. The van der Waals surface area contributed by atoms with Crippen molar-refractivity contribution in [1.82, 2.24) is 0 Å². The maximum atomic E-state index is 5.95. The third-order valence-corrected chi connectivity index (χ3v) is 3.83. The third kappa shape index (κ3) is 5.27. The second-order valence-electron chi connectivity index (χ2n) is 5.17. The second kappa shape index (κ2) is 9.12. The van der Waals surface area contributed by atoms with E-state index in [9.17, 15) is 0 Å². The van der Waals surface area contributed by atoms with E-state index >= 15 is 0 Å². The smallest absolute Gasteiger partial charge is 0.193 e. The summed E-state index contributed by atoms with van der Waals surface area (Å²) in [5.74, 6) is 1.85. The van der Waals surface area contributed by atoms with Crippen LogP contribution in [0.2, 0.25) is 0 Å². The Balaban J connectivity index is 0.00000208. The van der Waals surface area contributed by atoms with Gasteiger partial charge in [-0.15, -0.1) is 24.0 Å². The van der Waals surface area contributed by atoms with Crippen LogP contribution in [-0.4, -0.2) is 19.2 Å². The number of nitrogens with one attached hydrogen (secondary N) is 1. The van der Waals surface area contributed by atoms with Crippen LogP contribution in [0.4, 0.5) is 5.69 Å². The SMILES string of the molecule is I.NC(=NCc1cccc(Br)c1)Nc1ccc2c(c1)OCCCO2.